The Morgan fingerprint density at radius 2 is 2.00 bits per heavy atom. The molecule has 2 rings (SSSR count). The molecule has 3 heteroatoms. The summed E-state index contributed by atoms with van der Waals surface area (Å²) in [5.41, 5.74) is 0.0794. The second kappa shape index (κ2) is 3.48. The molecule has 86 valence electrons. The zero-order valence-corrected chi connectivity index (χ0v) is 9.79. The highest BCUT2D eigenvalue weighted by Crippen LogP contribution is 2.44. The summed E-state index contributed by atoms with van der Waals surface area (Å²) < 4.78 is 0. The number of aliphatic carboxylic acids is 1. The van der Waals surface area contributed by atoms with E-state index >= 15 is 0 Å². The molecular weight excluding hydrogens is 190 g/mol. The van der Waals surface area contributed by atoms with Gasteiger partial charge in [0.25, 0.3) is 0 Å². The smallest absolute Gasteiger partial charge is 0.306 e. The van der Waals surface area contributed by atoms with Crippen LogP contribution in [0.2, 0.25) is 0 Å². The molecule has 0 aromatic heterocycles. The minimum Gasteiger partial charge on any atom is -0.481 e. The molecular formula is C12H21NO2. The van der Waals surface area contributed by atoms with Crippen molar-refractivity contribution in [2.75, 3.05) is 0 Å². The SMILES string of the molecule is CC(C)(C)C1C2CCC(CC1C(=O)O)N2. The number of nitrogens with one attached hydrogen (secondary N) is 1. The van der Waals surface area contributed by atoms with Gasteiger partial charge in [0.15, 0.2) is 0 Å². The van der Waals surface area contributed by atoms with Gasteiger partial charge < -0.3 is 10.4 Å². The maximum absolute atomic E-state index is 11.3. The minimum absolute atomic E-state index is 0.0794. The average molecular weight is 211 g/mol. The van der Waals surface area contributed by atoms with Gasteiger partial charge >= 0.3 is 5.97 Å². The zero-order valence-electron chi connectivity index (χ0n) is 9.79. The van der Waals surface area contributed by atoms with E-state index < -0.39 is 5.97 Å². The first-order valence-corrected chi connectivity index (χ1v) is 5.88. The van der Waals surface area contributed by atoms with Crippen molar-refractivity contribution in [2.24, 2.45) is 17.3 Å². The molecule has 2 heterocycles. The zero-order chi connectivity index (χ0) is 11.2. The molecule has 0 aliphatic carbocycles. The molecule has 2 aliphatic rings. The lowest BCUT2D eigenvalue weighted by atomic mass is 9.67. The predicted octanol–water partition coefficient (Wildman–Crippen LogP) is 1.87. The Balaban J connectivity index is 2.25. The van der Waals surface area contributed by atoms with E-state index in [-0.39, 0.29) is 17.3 Å². The van der Waals surface area contributed by atoms with Crippen LogP contribution in [0.3, 0.4) is 0 Å². The van der Waals surface area contributed by atoms with Crippen molar-refractivity contribution in [1.29, 1.82) is 0 Å². The summed E-state index contributed by atoms with van der Waals surface area (Å²) in [7, 11) is 0. The van der Waals surface area contributed by atoms with Gasteiger partial charge in [0.1, 0.15) is 0 Å². The van der Waals surface area contributed by atoms with Gasteiger partial charge in [-0.3, -0.25) is 4.79 Å². The van der Waals surface area contributed by atoms with Crippen LogP contribution in [0.1, 0.15) is 40.0 Å². The van der Waals surface area contributed by atoms with Crippen LogP contribution in [0, 0.1) is 17.3 Å². The summed E-state index contributed by atoms with van der Waals surface area (Å²) >= 11 is 0. The molecule has 15 heavy (non-hydrogen) atoms. The van der Waals surface area contributed by atoms with Crippen LogP contribution >= 0.6 is 0 Å². The molecule has 4 unspecified atom stereocenters. The third-order valence-corrected chi connectivity index (χ3v) is 4.00. The maximum atomic E-state index is 11.3. The van der Waals surface area contributed by atoms with Crippen molar-refractivity contribution in [2.45, 2.75) is 52.1 Å². The maximum Gasteiger partial charge on any atom is 0.306 e. The number of carboxylic acids is 1. The second-order valence-electron chi connectivity index (χ2n) is 6.12. The Labute approximate surface area is 91.2 Å². The number of carboxylic acid groups (broad SMARTS) is 1. The van der Waals surface area contributed by atoms with Crippen LogP contribution in [-0.2, 0) is 4.79 Å². The first kappa shape index (κ1) is 10.9. The molecule has 0 amide bonds. The van der Waals surface area contributed by atoms with Crippen LogP contribution in [0.5, 0.6) is 0 Å². The standard InChI is InChI=1S/C12H21NO2/c1-12(2,3)10-8(11(14)15)6-7-4-5-9(10)13-7/h7-10,13H,4-6H2,1-3H3,(H,14,15). The number of piperidine rings is 1. The number of hydrogen-bond donors (Lipinski definition) is 2. The average Bonchev–Trinajstić information content (AvgIpc) is 2.44. The van der Waals surface area contributed by atoms with Gasteiger partial charge in [-0.1, -0.05) is 20.8 Å². The second-order valence-corrected chi connectivity index (χ2v) is 6.12. The van der Waals surface area contributed by atoms with Crippen molar-refractivity contribution in [3.05, 3.63) is 0 Å². The van der Waals surface area contributed by atoms with Gasteiger partial charge in [-0.2, -0.15) is 0 Å². The Morgan fingerprint density at radius 3 is 2.53 bits per heavy atom. The molecule has 4 atom stereocenters. The van der Waals surface area contributed by atoms with E-state index in [9.17, 15) is 9.90 Å². The van der Waals surface area contributed by atoms with Crippen LogP contribution in [0.15, 0.2) is 0 Å². The van der Waals surface area contributed by atoms with Gasteiger partial charge in [0, 0.05) is 12.1 Å². The lowest BCUT2D eigenvalue weighted by Crippen LogP contribution is -2.52. The summed E-state index contributed by atoms with van der Waals surface area (Å²) in [6, 6.07) is 0.875. The molecule has 0 aromatic carbocycles. The topological polar surface area (TPSA) is 49.3 Å². The van der Waals surface area contributed by atoms with Crippen LogP contribution < -0.4 is 5.32 Å². The fraction of sp³-hybridized carbons (Fsp3) is 0.917. The van der Waals surface area contributed by atoms with Crippen molar-refractivity contribution in [3.63, 3.8) is 0 Å². The van der Waals surface area contributed by atoms with Gasteiger partial charge in [-0.15, -0.1) is 0 Å². The summed E-state index contributed by atoms with van der Waals surface area (Å²) in [6.45, 7) is 6.48. The van der Waals surface area contributed by atoms with E-state index in [1.807, 2.05) is 0 Å². The van der Waals surface area contributed by atoms with E-state index in [0.29, 0.717) is 12.1 Å². The Morgan fingerprint density at radius 1 is 1.33 bits per heavy atom. The lowest BCUT2D eigenvalue weighted by molar-refractivity contribution is -0.147. The van der Waals surface area contributed by atoms with Gasteiger partial charge in [0.05, 0.1) is 5.92 Å². The van der Waals surface area contributed by atoms with E-state index in [1.165, 1.54) is 0 Å². The first-order chi connectivity index (χ1) is 6.89. The number of carbonyl (C=O) groups is 1. The highest BCUT2D eigenvalue weighted by Gasteiger charge is 2.49. The number of fused-ring (bicyclic) bond motifs is 2. The van der Waals surface area contributed by atoms with Crippen LogP contribution in [0.4, 0.5) is 0 Å². The lowest BCUT2D eigenvalue weighted by Gasteiger charge is -2.43. The quantitative estimate of drug-likeness (QED) is 0.696. The van der Waals surface area contributed by atoms with Crippen molar-refractivity contribution >= 4 is 5.97 Å². The van der Waals surface area contributed by atoms with E-state index in [0.717, 1.165) is 19.3 Å². The molecule has 0 aromatic rings. The fourth-order valence-corrected chi connectivity index (χ4v) is 3.51. The van der Waals surface area contributed by atoms with E-state index in [1.54, 1.807) is 0 Å². The van der Waals surface area contributed by atoms with Gasteiger partial charge in [-0.05, 0) is 30.6 Å². The molecule has 2 bridgehead atoms. The third-order valence-electron chi connectivity index (χ3n) is 4.00. The summed E-state index contributed by atoms with van der Waals surface area (Å²) in [5, 5.41) is 12.9. The summed E-state index contributed by atoms with van der Waals surface area (Å²) in [6.07, 6.45) is 3.12. The van der Waals surface area contributed by atoms with Gasteiger partial charge in [0.2, 0.25) is 0 Å². The van der Waals surface area contributed by atoms with Crippen molar-refractivity contribution < 1.29 is 9.90 Å². The highest BCUT2D eigenvalue weighted by molar-refractivity contribution is 5.71. The van der Waals surface area contributed by atoms with Crippen LogP contribution in [-0.4, -0.2) is 23.2 Å². The highest BCUT2D eigenvalue weighted by atomic mass is 16.4. The molecule has 3 nitrogen and oxygen atoms in total. The number of rotatable bonds is 1. The molecule has 0 radical (unpaired) electrons. The molecule has 0 spiro atoms. The van der Waals surface area contributed by atoms with E-state index in [4.69, 9.17) is 0 Å². The molecule has 2 N–H and O–H groups in total. The normalized spacial score (nSPS) is 40.5. The Kier molecular flexibility index (Phi) is 2.53. The fourth-order valence-electron chi connectivity index (χ4n) is 3.51. The first-order valence-electron chi connectivity index (χ1n) is 5.88. The third kappa shape index (κ3) is 1.89. The van der Waals surface area contributed by atoms with E-state index in [2.05, 4.69) is 26.1 Å². The number of hydrogen-bond acceptors (Lipinski definition) is 2. The minimum atomic E-state index is -0.603. The van der Waals surface area contributed by atoms with Crippen LogP contribution in [0.25, 0.3) is 0 Å². The molecule has 0 saturated carbocycles. The van der Waals surface area contributed by atoms with Crippen molar-refractivity contribution in [3.8, 4) is 0 Å². The Bertz CT molecular complexity index is 269. The predicted molar refractivity (Wildman–Crippen MR) is 58.6 cm³/mol. The monoisotopic (exact) mass is 211 g/mol. The largest absolute Gasteiger partial charge is 0.481 e. The van der Waals surface area contributed by atoms with Crippen molar-refractivity contribution in [1.82, 2.24) is 5.32 Å². The molecule has 2 aliphatic heterocycles. The summed E-state index contributed by atoms with van der Waals surface area (Å²) in [5.74, 6) is -0.481. The summed E-state index contributed by atoms with van der Waals surface area (Å²) in [4.78, 5) is 11.3. The molecule has 2 saturated heterocycles. The molecule has 2 fully saturated rings. The Hall–Kier alpha value is -0.570. The van der Waals surface area contributed by atoms with Gasteiger partial charge in [-0.25, -0.2) is 0 Å².